The van der Waals surface area contributed by atoms with E-state index in [9.17, 15) is 26.4 Å². The Bertz CT molecular complexity index is 3320. The zero-order valence-electron chi connectivity index (χ0n) is 40.2. The first-order valence-corrected chi connectivity index (χ1v) is 25.4. The zero-order chi connectivity index (χ0) is 53.4. The van der Waals surface area contributed by atoms with Gasteiger partial charge in [0.25, 0.3) is 15.9 Å². The number of nitrogens with zero attached hydrogens (tertiary/aromatic N) is 8. The van der Waals surface area contributed by atoms with Crippen LogP contribution in [0.25, 0.3) is 11.6 Å². The summed E-state index contributed by atoms with van der Waals surface area (Å²) in [7, 11) is -3.18. The maximum absolute atomic E-state index is 12.7. The van der Waals surface area contributed by atoms with Crippen LogP contribution in [0.2, 0.25) is 10.3 Å². The number of halogens is 3. The van der Waals surface area contributed by atoms with Crippen molar-refractivity contribution >= 4 is 85.6 Å². The fourth-order valence-corrected chi connectivity index (χ4v) is 8.38. The molecular weight excluding hydrogens is 1340 g/mol. The van der Waals surface area contributed by atoms with Crippen LogP contribution in [-0.4, -0.2) is 88.7 Å². The van der Waals surface area contributed by atoms with Gasteiger partial charge in [-0.05, 0) is 116 Å². The fourth-order valence-electron chi connectivity index (χ4n) is 5.96. The van der Waals surface area contributed by atoms with Crippen LogP contribution in [0.1, 0.15) is 85.2 Å². The molecule has 0 atom stereocenters. The molecule has 26 heteroatoms. The standard InChI is InChI=1S/C22H20ClN5O4S.C14H14ClN3O3.C8H8N2O2S.CH2BI.U/c1-14-11-15(12-24)3-5-17(14)33(30,31)27-21(29)16-4-6-18(25-20(16)23)28-10-7-19(26-28)32-13-22(2)8-9-22;1-14(5-6-14)8-21-11-4-7-18(17-11)10-3-2-9(13(19)20)12(15)16-10;1-6-4-7(5-9)2-3-8(6)13(10,11)12;2-1-3;/h3-7,10-11H,8-9,13H2,1-2H3,(H,27,29);2-4,7H,5-6,8H2,1H3,(H,19,20);2-4H,1H3,(H2,10,11,12);1H2;/i;;;1D2;. The van der Waals surface area contributed by atoms with Crippen molar-refractivity contribution in [2.75, 3.05) is 17.5 Å². The number of rotatable bonds is 13. The summed E-state index contributed by atoms with van der Waals surface area (Å²) in [6, 6.07) is 21.4. The molecule has 4 N–H and O–H groups in total. The number of pyridine rings is 2. The Morgan fingerprint density at radius 2 is 1.21 bits per heavy atom. The molecule has 2 aromatic carbocycles. The van der Waals surface area contributed by atoms with Crippen LogP contribution in [-0.2, 0) is 20.0 Å². The zero-order valence-corrected chi connectivity index (χ0v) is 47.7. The number of hydrogen-bond donors (Lipinski definition) is 3. The monoisotopic (exact) mass is 1380 g/mol. The molecule has 8 rings (SSSR count). The maximum Gasteiger partial charge on any atom is 0.338 e. The molecule has 2 saturated carbocycles. The molecule has 0 aliphatic heterocycles. The Morgan fingerprint density at radius 3 is 1.56 bits per heavy atom. The van der Waals surface area contributed by atoms with Gasteiger partial charge in [-0.2, -0.15) is 10.5 Å². The van der Waals surface area contributed by atoms with E-state index in [0.717, 1.165) is 12.8 Å². The second kappa shape index (κ2) is 25.1. The van der Waals surface area contributed by atoms with Crippen molar-refractivity contribution in [1.82, 2.24) is 34.3 Å². The normalized spacial score (nSPS) is 14.2. The van der Waals surface area contributed by atoms with Crippen LogP contribution < -0.4 is 19.3 Å². The molecule has 19 nitrogen and oxygen atoms in total. The van der Waals surface area contributed by atoms with Crippen molar-refractivity contribution < 1.29 is 74.9 Å². The van der Waals surface area contributed by atoms with Gasteiger partial charge in [0.1, 0.15) is 10.3 Å². The Labute approximate surface area is 462 Å². The van der Waals surface area contributed by atoms with E-state index in [1.54, 1.807) is 37.5 Å². The number of aromatic carboxylic acids is 1. The minimum Gasteiger partial charge on any atom is -0.478 e. The number of aromatic nitrogens is 6. The Balaban J connectivity index is 0.000000246. The summed E-state index contributed by atoms with van der Waals surface area (Å²) < 4.78 is 74.7. The van der Waals surface area contributed by atoms with Crippen LogP contribution >= 0.6 is 45.8 Å². The second-order valence-electron chi connectivity index (χ2n) is 16.5. The fraction of sp³-hybridized carbons (Fsp3) is 0.289. The van der Waals surface area contributed by atoms with Crippen LogP contribution in [0, 0.1) is 78.5 Å². The number of carbonyl (C=O) groups excluding carboxylic acids is 1. The predicted octanol–water partition coefficient (Wildman–Crippen LogP) is 7.26. The molecule has 0 bridgehead atoms. The van der Waals surface area contributed by atoms with Gasteiger partial charge in [-0.3, -0.25) is 4.79 Å². The average Bonchev–Trinajstić information content (AvgIpc) is 4.06. The van der Waals surface area contributed by atoms with Crippen molar-refractivity contribution in [2.45, 2.75) is 63.2 Å². The first kappa shape index (κ1) is 55.3. The summed E-state index contributed by atoms with van der Waals surface area (Å²) in [6.07, 6.45) is 7.98. The Hall–Kier alpha value is -5.03. The van der Waals surface area contributed by atoms with Crippen molar-refractivity contribution in [1.29, 1.82) is 10.5 Å². The molecule has 0 saturated heterocycles. The van der Waals surface area contributed by atoms with Gasteiger partial charge in [-0.1, -0.05) is 59.6 Å². The number of hydrogen-bond acceptors (Lipinski definition) is 14. The van der Waals surface area contributed by atoms with Crippen molar-refractivity contribution in [3.05, 3.63) is 129 Å². The predicted molar refractivity (Wildman–Crippen MR) is 268 cm³/mol. The molecule has 2 aliphatic carbocycles. The summed E-state index contributed by atoms with van der Waals surface area (Å²) in [4.78, 5) is 31.6. The SMILES string of the molecule is CC1(COc2ccn(-c3ccc(C(=O)O)c(Cl)n3)n2)CC1.Cc1cc(C#N)ccc1S(=O)(=O)NC(=O)c1ccc(-n2ccc(OCC3(C)CC3)n2)nc1Cl.Cc1cc(C#N)ccc1S(N)(=O)=O.[2H]C([2H])([B])I.[U]. The van der Waals surface area contributed by atoms with Crippen LogP contribution in [0.3, 0.4) is 0 Å². The number of benzene rings is 2. The quantitative estimate of drug-likeness (QED) is 0.0444. The van der Waals surface area contributed by atoms with Gasteiger partial charge in [0.15, 0.2) is 11.6 Å². The molecule has 2 aliphatic rings. The van der Waals surface area contributed by atoms with Crippen molar-refractivity contribution in [2.24, 2.45) is 16.0 Å². The third-order valence-corrected chi connectivity index (χ3v) is 13.7. The molecule has 4 aromatic heterocycles. The van der Waals surface area contributed by atoms with E-state index in [4.69, 9.17) is 56.2 Å². The molecule has 4 heterocycles. The molecule has 0 unspecified atom stereocenters. The molecule has 6 aromatic rings. The van der Waals surface area contributed by atoms with E-state index in [-0.39, 0.29) is 73.2 Å². The summed E-state index contributed by atoms with van der Waals surface area (Å²) in [5.74, 6) is -0.284. The summed E-state index contributed by atoms with van der Waals surface area (Å²) in [6.45, 7) is 8.70. The van der Waals surface area contributed by atoms with Gasteiger partial charge in [0, 0.05) is 69.2 Å². The number of carboxylic acids is 1. The molecule has 1 amide bonds. The number of aryl methyl sites for hydroxylation is 2. The third kappa shape index (κ3) is 16.8. The number of carboxylic acid groups (broad SMARTS) is 1. The van der Waals surface area contributed by atoms with Gasteiger partial charge < -0.3 is 14.6 Å². The number of ether oxygens (including phenoxy) is 2. The minimum atomic E-state index is -4.18. The molecule has 2 radical (unpaired) electrons. The van der Waals surface area contributed by atoms with Gasteiger partial charge in [-0.25, -0.2) is 50.8 Å². The first-order chi connectivity index (χ1) is 33.5. The molecule has 2 fully saturated rings. The van der Waals surface area contributed by atoms with Crippen molar-refractivity contribution in [3.8, 4) is 35.5 Å². The van der Waals surface area contributed by atoms with Crippen LogP contribution in [0.5, 0.6) is 11.8 Å². The molecular formula is C45H44BCl2IN10O9S2U. The average molecular weight is 1380 g/mol. The molecule has 368 valence electrons. The number of alkyl halides is 1. The molecule has 71 heavy (non-hydrogen) atoms. The number of sulfonamides is 2. The smallest absolute Gasteiger partial charge is 0.338 e. The summed E-state index contributed by atoms with van der Waals surface area (Å²) in [5.41, 5.74) is 1.92. The largest absolute Gasteiger partial charge is 0.478 e. The number of nitriles is 2. The van der Waals surface area contributed by atoms with Gasteiger partial charge in [-0.15, -0.1) is 10.2 Å². The number of nitrogens with one attached hydrogen (secondary N) is 1. The van der Waals surface area contributed by atoms with Crippen LogP contribution in [0.15, 0.2) is 95.0 Å². The van der Waals surface area contributed by atoms with Crippen molar-refractivity contribution in [3.63, 3.8) is 0 Å². The molecule has 0 spiro atoms. The minimum absolute atomic E-state index is 0. The van der Waals surface area contributed by atoms with E-state index in [1.165, 1.54) is 106 Å². The number of nitrogens with two attached hydrogens (primary N) is 1. The topological polar surface area (TPSA) is 288 Å². The number of primary sulfonamides is 1. The van der Waals surface area contributed by atoms with Gasteiger partial charge in [0.2, 0.25) is 21.8 Å². The summed E-state index contributed by atoms with van der Waals surface area (Å²) in [5, 5.41) is 39.6. The van der Waals surface area contributed by atoms with E-state index in [2.05, 4.69) is 41.9 Å². The number of carbonyl (C=O) groups is 2. The third-order valence-electron chi connectivity index (χ3n) is 10.5. The number of amides is 1. The summed E-state index contributed by atoms with van der Waals surface area (Å²) >= 11 is 13.5. The van der Waals surface area contributed by atoms with Gasteiger partial charge >= 0.3 is 5.97 Å². The van der Waals surface area contributed by atoms with E-state index >= 15 is 0 Å². The Kier molecular flexibility index (Phi) is 19.5. The second-order valence-corrected chi connectivity index (χ2v) is 21.0. The van der Waals surface area contributed by atoms with E-state index < -0.39 is 36.2 Å². The van der Waals surface area contributed by atoms with Crippen LogP contribution in [0.4, 0.5) is 0 Å². The van der Waals surface area contributed by atoms with E-state index in [0.29, 0.717) is 58.9 Å². The Morgan fingerprint density at radius 1 is 0.803 bits per heavy atom. The van der Waals surface area contributed by atoms with Gasteiger partial charge in [0.05, 0.1) is 65.2 Å². The first-order valence-electron chi connectivity index (χ1n) is 21.6. The van der Waals surface area contributed by atoms with E-state index in [1.807, 2.05) is 16.9 Å². The maximum atomic E-state index is 12.7.